The highest BCUT2D eigenvalue weighted by Crippen LogP contribution is 2.66. The number of hydrogen-bond donors (Lipinski definition) is 0. The summed E-state index contributed by atoms with van der Waals surface area (Å²) in [5.41, 5.74) is 2.47. The van der Waals surface area contributed by atoms with E-state index < -0.39 is 0 Å². The molecular weight excluding hydrogens is 428 g/mol. The highest BCUT2D eigenvalue weighted by Gasteiger charge is 2.58. The van der Waals surface area contributed by atoms with Gasteiger partial charge in [0.15, 0.2) is 0 Å². The van der Waals surface area contributed by atoms with Crippen LogP contribution < -0.4 is 0 Å². The number of hydrogen-bond acceptors (Lipinski definition) is 2. The normalized spacial score (nSPS) is 39.3. The fraction of sp³-hybridized carbons (Fsp3) is 0.848. The van der Waals surface area contributed by atoms with Crippen LogP contribution in [0.4, 0.5) is 0 Å². The van der Waals surface area contributed by atoms with Crippen LogP contribution in [0.5, 0.6) is 0 Å². The Kier molecular flexibility index (Phi) is 9.42. The Bertz CT molecular complexity index is 776. The average molecular weight is 485 g/mol. The minimum absolute atomic E-state index is 0.0276. The van der Waals surface area contributed by atoms with Crippen LogP contribution >= 0.6 is 0 Å². The van der Waals surface area contributed by atoms with Crippen LogP contribution in [-0.2, 0) is 9.53 Å². The molecule has 0 spiro atoms. The van der Waals surface area contributed by atoms with Crippen molar-refractivity contribution in [2.24, 2.45) is 52.3 Å². The van der Waals surface area contributed by atoms with Crippen molar-refractivity contribution < 1.29 is 9.53 Å². The summed E-state index contributed by atoms with van der Waals surface area (Å²) >= 11 is 0. The lowest BCUT2D eigenvalue weighted by atomic mass is 9.47. The van der Waals surface area contributed by atoms with Gasteiger partial charge in [0.25, 0.3) is 0 Å². The molecule has 0 saturated heterocycles. The van der Waals surface area contributed by atoms with Gasteiger partial charge in [-0.3, -0.25) is 4.79 Å². The smallest absolute Gasteiger partial charge is 0.308 e. The summed E-state index contributed by atoms with van der Waals surface area (Å²) < 4.78 is 5.86. The third-order valence-electron chi connectivity index (χ3n) is 10.9. The van der Waals surface area contributed by atoms with E-state index in [1.54, 1.807) is 5.57 Å². The van der Waals surface area contributed by atoms with Crippen LogP contribution in [-0.4, -0.2) is 12.1 Å². The molecule has 0 radical (unpaired) electrons. The number of ether oxygens (including phenoxy) is 1. The van der Waals surface area contributed by atoms with E-state index in [1.165, 1.54) is 44.9 Å². The first kappa shape index (κ1) is 28.5. The van der Waals surface area contributed by atoms with Crippen molar-refractivity contribution in [3.63, 3.8) is 0 Å². The van der Waals surface area contributed by atoms with Gasteiger partial charge in [0.1, 0.15) is 6.10 Å². The summed E-state index contributed by atoms with van der Waals surface area (Å²) in [6.45, 7) is 20.1. The number of carbonyl (C=O) groups excluding carboxylic acids is 1. The zero-order valence-electron chi connectivity index (χ0n) is 24.5. The van der Waals surface area contributed by atoms with Crippen molar-refractivity contribution in [3.05, 3.63) is 23.8 Å². The molecule has 0 bridgehead atoms. The minimum Gasteiger partial charge on any atom is -0.462 e. The second-order valence-electron chi connectivity index (χ2n) is 13.3. The number of rotatable bonds is 6. The van der Waals surface area contributed by atoms with Crippen molar-refractivity contribution in [2.45, 2.75) is 126 Å². The van der Waals surface area contributed by atoms with Crippen LogP contribution in [0, 0.1) is 52.3 Å². The van der Waals surface area contributed by atoms with E-state index in [-0.39, 0.29) is 18.0 Å². The molecule has 200 valence electrons. The molecule has 4 rings (SSSR count). The Morgan fingerprint density at radius 3 is 2.40 bits per heavy atom. The van der Waals surface area contributed by atoms with Gasteiger partial charge in [-0.15, -0.1) is 0 Å². The molecule has 0 aromatic rings. The van der Waals surface area contributed by atoms with E-state index in [0.717, 1.165) is 42.4 Å². The van der Waals surface area contributed by atoms with E-state index in [1.807, 2.05) is 27.7 Å². The molecule has 8 unspecified atom stereocenters. The van der Waals surface area contributed by atoms with E-state index in [4.69, 9.17) is 4.74 Å². The first-order valence-electron chi connectivity index (χ1n) is 15.1. The number of esters is 1. The van der Waals surface area contributed by atoms with Gasteiger partial charge >= 0.3 is 5.97 Å². The number of fused-ring (bicyclic) bond motifs is 5. The SMILES string of the molecule is CC.CC(C)C(=O)OC1CCC2(C)C(=CCC3C2CCC2(C)C(C/C=C/C(C)C(C)C)CCC32)C1. The lowest BCUT2D eigenvalue weighted by Gasteiger charge is -2.58. The Labute approximate surface area is 217 Å². The van der Waals surface area contributed by atoms with Crippen molar-refractivity contribution in [1.82, 2.24) is 0 Å². The van der Waals surface area contributed by atoms with Gasteiger partial charge in [-0.25, -0.2) is 0 Å². The summed E-state index contributed by atoms with van der Waals surface area (Å²) in [5, 5.41) is 0. The third-order valence-corrected chi connectivity index (χ3v) is 10.9. The van der Waals surface area contributed by atoms with E-state index in [2.05, 4.69) is 52.8 Å². The van der Waals surface area contributed by atoms with E-state index in [9.17, 15) is 4.79 Å². The van der Waals surface area contributed by atoms with Gasteiger partial charge in [-0.2, -0.15) is 0 Å². The van der Waals surface area contributed by atoms with E-state index >= 15 is 0 Å². The fourth-order valence-electron chi connectivity index (χ4n) is 8.20. The Morgan fingerprint density at radius 2 is 1.74 bits per heavy atom. The summed E-state index contributed by atoms with van der Waals surface area (Å²) in [5.74, 6) is 4.80. The fourth-order valence-corrected chi connectivity index (χ4v) is 8.20. The zero-order chi connectivity index (χ0) is 26.0. The van der Waals surface area contributed by atoms with E-state index in [0.29, 0.717) is 16.7 Å². The maximum absolute atomic E-state index is 12.2. The Morgan fingerprint density at radius 1 is 1.03 bits per heavy atom. The molecule has 2 heteroatoms. The van der Waals surface area contributed by atoms with Crippen molar-refractivity contribution in [1.29, 1.82) is 0 Å². The molecule has 0 amide bonds. The van der Waals surface area contributed by atoms with Crippen molar-refractivity contribution in [3.8, 4) is 0 Å². The van der Waals surface area contributed by atoms with Crippen LogP contribution in [0.25, 0.3) is 0 Å². The summed E-state index contributed by atoms with van der Waals surface area (Å²) in [4.78, 5) is 12.2. The van der Waals surface area contributed by atoms with Gasteiger partial charge in [0.05, 0.1) is 5.92 Å². The largest absolute Gasteiger partial charge is 0.462 e. The maximum Gasteiger partial charge on any atom is 0.308 e. The Balaban J connectivity index is 0.00000167. The molecule has 0 aromatic heterocycles. The number of allylic oxidation sites excluding steroid dienone is 3. The van der Waals surface area contributed by atoms with Gasteiger partial charge in [-0.1, -0.05) is 86.1 Å². The molecule has 0 heterocycles. The summed E-state index contributed by atoms with van der Waals surface area (Å²) in [7, 11) is 0. The first-order valence-corrected chi connectivity index (χ1v) is 15.1. The summed E-state index contributed by atoms with van der Waals surface area (Å²) in [6.07, 6.45) is 19.1. The highest BCUT2D eigenvalue weighted by atomic mass is 16.5. The second-order valence-corrected chi connectivity index (χ2v) is 13.3. The second kappa shape index (κ2) is 11.6. The average Bonchev–Trinajstić information content (AvgIpc) is 3.16. The molecule has 0 aromatic carbocycles. The molecule has 3 fully saturated rings. The lowest BCUT2D eigenvalue weighted by molar-refractivity contribution is -0.155. The molecule has 4 aliphatic rings. The molecule has 0 aliphatic heterocycles. The number of carbonyl (C=O) groups is 1. The summed E-state index contributed by atoms with van der Waals surface area (Å²) in [6, 6.07) is 0. The zero-order valence-corrected chi connectivity index (χ0v) is 24.5. The highest BCUT2D eigenvalue weighted by molar-refractivity contribution is 5.71. The van der Waals surface area contributed by atoms with Crippen molar-refractivity contribution >= 4 is 5.97 Å². The van der Waals surface area contributed by atoms with Gasteiger partial charge in [0, 0.05) is 6.42 Å². The molecule has 8 atom stereocenters. The Hall–Kier alpha value is -1.05. The lowest BCUT2D eigenvalue weighted by Crippen LogP contribution is -2.50. The first-order chi connectivity index (χ1) is 16.6. The van der Waals surface area contributed by atoms with Crippen LogP contribution in [0.15, 0.2) is 23.8 Å². The molecule has 2 nitrogen and oxygen atoms in total. The van der Waals surface area contributed by atoms with Crippen LogP contribution in [0.3, 0.4) is 0 Å². The monoisotopic (exact) mass is 484 g/mol. The predicted octanol–water partition coefficient (Wildman–Crippen LogP) is 9.40. The maximum atomic E-state index is 12.2. The molecular formula is C33H56O2. The standard InChI is InChI=1S/C31H50O2.C2H6/c1-20(2)22(5)9-8-10-23-12-14-27-26-13-11-24-19-25(33-29(32)21(3)4)15-17-31(24,7)28(26)16-18-30(23,27)6;1-2/h8-9,11,20-23,25-28H,10,12-19H2,1-7H3;1-2H3/b9-8+;. The topological polar surface area (TPSA) is 26.3 Å². The molecule has 35 heavy (non-hydrogen) atoms. The van der Waals surface area contributed by atoms with Crippen molar-refractivity contribution in [2.75, 3.05) is 0 Å². The van der Waals surface area contributed by atoms with Gasteiger partial charge in [-0.05, 0) is 97.7 Å². The quantitative estimate of drug-likeness (QED) is 0.277. The van der Waals surface area contributed by atoms with Crippen LogP contribution in [0.1, 0.15) is 120 Å². The predicted molar refractivity (Wildman–Crippen MR) is 149 cm³/mol. The van der Waals surface area contributed by atoms with Gasteiger partial charge < -0.3 is 4.74 Å². The van der Waals surface area contributed by atoms with Crippen LogP contribution in [0.2, 0.25) is 0 Å². The molecule has 4 aliphatic carbocycles. The third kappa shape index (κ3) is 5.62. The molecule has 3 saturated carbocycles. The minimum atomic E-state index is -0.0298. The van der Waals surface area contributed by atoms with Gasteiger partial charge in [0.2, 0.25) is 0 Å². The molecule has 0 N–H and O–H groups in total.